The standard InChI is InChI=1S/C21H18Cl2F2N6O7S/c1-26-20(34)30-7-9(8-30)29-39(36,37)15-6-11(2-3-14(15)32)38-17-12(22)4-10(5-13(17)23)31-21(35)27-19(33)16(28-31)18(24)25/h2-6,9,18,29,32H,7-8H2,1H3,(H,26,34)(H,27,33,35). The zero-order valence-electron chi connectivity index (χ0n) is 19.6. The fourth-order valence-corrected chi connectivity index (χ4v) is 5.43. The van der Waals surface area contributed by atoms with Crippen LogP contribution < -0.4 is 26.0 Å². The van der Waals surface area contributed by atoms with Gasteiger partial charge in [-0.1, -0.05) is 23.2 Å². The van der Waals surface area contributed by atoms with Crippen LogP contribution in [-0.4, -0.2) is 65.4 Å². The van der Waals surface area contributed by atoms with E-state index in [2.05, 4.69) is 15.1 Å². The van der Waals surface area contributed by atoms with Gasteiger partial charge in [0.25, 0.3) is 12.0 Å². The van der Waals surface area contributed by atoms with Gasteiger partial charge in [0.2, 0.25) is 10.0 Å². The third kappa shape index (κ3) is 5.83. The zero-order valence-corrected chi connectivity index (χ0v) is 21.9. The van der Waals surface area contributed by atoms with E-state index in [1.165, 1.54) is 18.0 Å². The van der Waals surface area contributed by atoms with E-state index in [4.69, 9.17) is 27.9 Å². The number of benzene rings is 2. The van der Waals surface area contributed by atoms with Gasteiger partial charge < -0.3 is 20.1 Å². The molecule has 3 aromatic rings. The maximum Gasteiger partial charge on any atom is 0.349 e. The average Bonchev–Trinajstić information content (AvgIpc) is 2.83. The summed E-state index contributed by atoms with van der Waals surface area (Å²) >= 11 is 12.5. The van der Waals surface area contributed by atoms with Crippen molar-refractivity contribution in [1.29, 1.82) is 0 Å². The quantitative estimate of drug-likeness (QED) is 0.315. The number of halogens is 4. The molecular formula is C21H18Cl2F2N6O7S. The van der Waals surface area contributed by atoms with Gasteiger partial charge in [0.1, 0.15) is 16.4 Å². The van der Waals surface area contributed by atoms with Gasteiger partial charge in [-0.2, -0.15) is 9.78 Å². The van der Waals surface area contributed by atoms with Crippen LogP contribution in [0.3, 0.4) is 0 Å². The van der Waals surface area contributed by atoms with E-state index in [0.29, 0.717) is 4.68 Å². The van der Waals surface area contributed by atoms with Crippen molar-refractivity contribution in [2.24, 2.45) is 0 Å². The molecule has 0 atom stereocenters. The number of aromatic amines is 1. The van der Waals surface area contributed by atoms with E-state index in [-0.39, 0.29) is 46.4 Å². The second kappa shape index (κ2) is 10.8. The lowest BCUT2D eigenvalue weighted by Crippen LogP contribution is -2.62. The molecule has 0 spiro atoms. The highest BCUT2D eigenvalue weighted by molar-refractivity contribution is 7.89. The summed E-state index contributed by atoms with van der Waals surface area (Å²) in [6.07, 6.45) is -3.26. The number of nitrogens with zero attached hydrogens (tertiary/aromatic N) is 3. The Morgan fingerprint density at radius 3 is 2.44 bits per heavy atom. The minimum Gasteiger partial charge on any atom is -0.507 e. The van der Waals surface area contributed by atoms with Crippen molar-refractivity contribution in [3.05, 3.63) is 66.9 Å². The summed E-state index contributed by atoms with van der Waals surface area (Å²) in [6.45, 7) is 0.249. The number of aromatic nitrogens is 3. The highest BCUT2D eigenvalue weighted by Crippen LogP contribution is 2.39. The molecule has 1 fully saturated rings. The highest BCUT2D eigenvalue weighted by atomic mass is 35.5. The third-order valence-electron chi connectivity index (χ3n) is 5.43. The number of sulfonamides is 1. The van der Waals surface area contributed by atoms with Crippen LogP contribution in [0.5, 0.6) is 17.2 Å². The van der Waals surface area contributed by atoms with Gasteiger partial charge in [0, 0.05) is 26.2 Å². The number of H-pyrrole nitrogens is 1. The lowest BCUT2D eigenvalue weighted by atomic mass is 10.1. The summed E-state index contributed by atoms with van der Waals surface area (Å²) < 4.78 is 60.3. The molecule has 0 aliphatic carbocycles. The zero-order chi connectivity index (χ0) is 28.6. The smallest absolute Gasteiger partial charge is 0.349 e. The fraction of sp³-hybridized carbons (Fsp3) is 0.238. The molecule has 2 aromatic carbocycles. The molecule has 4 N–H and O–H groups in total. The van der Waals surface area contributed by atoms with Crippen molar-refractivity contribution in [3.63, 3.8) is 0 Å². The fourth-order valence-electron chi connectivity index (χ4n) is 3.55. The van der Waals surface area contributed by atoms with Gasteiger partial charge in [0.05, 0.1) is 21.8 Å². The van der Waals surface area contributed by atoms with Crippen LogP contribution in [-0.2, 0) is 10.0 Å². The number of hydrogen-bond donors (Lipinski definition) is 4. The van der Waals surface area contributed by atoms with Crippen molar-refractivity contribution in [2.45, 2.75) is 17.4 Å². The van der Waals surface area contributed by atoms with Gasteiger partial charge in [-0.05, 0) is 24.3 Å². The summed E-state index contributed by atoms with van der Waals surface area (Å²) in [5, 5.41) is 15.5. The van der Waals surface area contributed by atoms with E-state index >= 15 is 0 Å². The number of carbonyl (C=O) groups is 1. The number of likely N-dealkylation sites (tertiary alicyclic amines) is 1. The van der Waals surface area contributed by atoms with E-state index in [0.717, 1.165) is 24.3 Å². The van der Waals surface area contributed by atoms with Crippen molar-refractivity contribution in [1.82, 2.24) is 29.7 Å². The number of hydrogen-bond acceptors (Lipinski definition) is 8. The van der Waals surface area contributed by atoms with Crippen LogP contribution in [0.4, 0.5) is 13.6 Å². The van der Waals surface area contributed by atoms with E-state index in [1.54, 1.807) is 4.98 Å². The molecule has 1 saturated heterocycles. The summed E-state index contributed by atoms with van der Waals surface area (Å²) in [5.74, 6) is -0.885. The number of amides is 2. The first-order chi connectivity index (χ1) is 18.3. The van der Waals surface area contributed by atoms with E-state index in [9.17, 15) is 36.7 Å². The van der Waals surface area contributed by atoms with E-state index in [1.807, 2.05) is 0 Å². The van der Waals surface area contributed by atoms with Crippen LogP contribution in [0.15, 0.2) is 44.8 Å². The monoisotopic (exact) mass is 606 g/mol. The van der Waals surface area contributed by atoms with E-state index < -0.39 is 50.1 Å². The van der Waals surface area contributed by atoms with Gasteiger partial charge in [0.15, 0.2) is 11.4 Å². The summed E-state index contributed by atoms with van der Waals surface area (Å²) in [4.78, 5) is 37.8. The highest BCUT2D eigenvalue weighted by Gasteiger charge is 2.34. The summed E-state index contributed by atoms with van der Waals surface area (Å²) in [7, 11) is -2.80. The number of aromatic hydroxyl groups is 1. The van der Waals surface area contributed by atoms with Crippen LogP contribution >= 0.6 is 23.2 Å². The minimum absolute atomic E-state index is 0.107. The molecule has 13 nitrogen and oxygen atoms in total. The maximum atomic E-state index is 13.1. The Balaban J connectivity index is 1.59. The predicted octanol–water partition coefficient (Wildman–Crippen LogP) is 1.96. The van der Waals surface area contributed by atoms with Gasteiger partial charge in [-0.3, -0.25) is 9.78 Å². The van der Waals surface area contributed by atoms with Crippen LogP contribution in [0.2, 0.25) is 10.0 Å². The molecule has 4 rings (SSSR count). The molecule has 2 heterocycles. The van der Waals surface area contributed by atoms with Gasteiger partial charge in [-0.15, -0.1) is 0 Å². The molecule has 0 unspecified atom stereocenters. The Kier molecular flexibility index (Phi) is 7.83. The third-order valence-corrected chi connectivity index (χ3v) is 7.54. The topological polar surface area (TPSA) is 176 Å². The van der Waals surface area contributed by atoms with Crippen molar-refractivity contribution < 1.29 is 31.8 Å². The number of carbonyl (C=O) groups excluding carboxylic acids is 1. The molecule has 0 bridgehead atoms. The number of alkyl halides is 2. The molecular weight excluding hydrogens is 589 g/mol. The molecule has 39 heavy (non-hydrogen) atoms. The SMILES string of the molecule is CNC(=O)N1CC(NS(=O)(=O)c2cc(Oc3c(Cl)cc(-n4nc(C(F)F)c(=O)[nH]c4=O)cc3Cl)ccc2O)C1. The van der Waals surface area contributed by atoms with Crippen LogP contribution in [0.1, 0.15) is 12.1 Å². The van der Waals surface area contributed by atoms with Crippen molar-refractivity contribution in [2.75, 3.05) is 20.1 Å². The molecule has 1 aliphatic rings. The minimum atomic E-state index is -4.25. The lowest BCUT2D eigenvalue weighted by Gasteiger charge is -2.38. The molecule has 1 aliphatic heterocycles. The first-order valence-electron chi connectivity index (χ1n) is 10.8. The first kappa shape index (κ1) is 28.3. The first-order valence-corrected chi connectivity index (χ1v) is 13.1. The Morgan fingerprint density at radius 2 is 1.85 bits per heavy atom. The number of phenolic OH excluding ortho intramolecular Hbond substituents is 1. The maximum absolute atomic E-state index is 13.1. The average molecular weight is 607 g/mol. The van der Waals surface area contributed by atoms with Crippen LogP contribution in [0.25, 0.3) is 5.69 Å². The summed E-state index contributed by atoms with van der Waals surface area (Å²) in [6, 6.07) is 4.55. The van der Waals surface area contributed by atoms with Crippen molar-refractivity contribution in [3.8, 4) is 22.9 Å². The number of nitrogens with one attached hydrogen (secondary N) is 3. The number of phenols is 1. The normalized spacial score (nSPS) is 13.8. The summed E-state index contributed by atoms with van der Waals surface area (Å²) in [5.41, 5.74) is -3.85. The molecule has 1 aromatic heterocycles. The molecule has 0 saturated carbocycles. The predicted molar refractivity (Wildman–Crippen MR) is 134 cm³/mol. The Bertz CT molecular complexity index is 1650. The molecule has 2 amide bonds. The van der Waals surface area contributed by atoms with Crippen LogP contribution in [0, 0.1) is 0 Å². The Hall–Kier alpha value is -3.73. The van der Waals surface area contributed by atoms with Gasteiger partial charge >= 0.3 is 11.7 Å². The second-order valence-corrected chi connectivity index (χ2v) is 10.6. The van der Waals surface area contributed by atoms with Gasteiger partial charge in [-0.25, -0.2) is 31.5 Å². The number of ether oxygens (including phenoxy) is 1. The Morgan fingerprint density at radius 1 is 1.21 bits per heavy atom. The largest absolute Gasteiger partial charge is 0.507 e. The molecule has 208 valence electrons. The lowest BCUT2D eigenvalue weighted by molar-refractivity contribution is 0.141. The molecule has 0 radical (unpaired) electrons. The Labute approximate surface area is 228 Å². The number of urea groups is 1. The molecule has 18 heteroatoms. The number of rotatable bonds is 7. The second-order valence-electron chi connectivity index (χ2n) is 8.11. The van der Waals surface area contributed by atoms with Crippen molar-refractivity contribution >= 4 is 39.3 Å².